The minimum Gasteiger partial charge on any atom is -0.381 e. The van der Waals surface area contributed by atoms with Crippen molar-refractivity contribution in [2.24, 2.45) is 11.8 Å². The molecule has 2 unspecified atom stereocenters. The summed E-state index contributed by atoms with van der Waals surface area (Å²) < 4.78 is 5.39. The molecule has 1 saturated heterocycles. The van der Waals surface area contributed by atoms with Gasteiger partial charge in [-0.25, -0.2) is 0 Å². The van der Waals surface area contributed by atoms with Gasteiger partial charge in [-0.3, -0.25) is 16.3 Å². The maximum atomic E-state index is 5.63. The van der Waals surface area contributed by atoms with Crippen LogP contribution < -0.4 is 11.3 Å². The summed E-state index contributed by atoms with van der Waals surface area (Å²) in [6.45, 7) is 3.69. The third kappa shape index (κ3) is 2.17. The first-order valence-corrected chi connectivity index (χ1v) is 5.27. The molecule has 0 radical (unpaired) electrons. The number of nitrogens with one attached hydrogen (secondary N) is 1. The smallest absolute Gasteiger partial charge is 0.0514 e. The topological polar surface area (TPSA) is 60.2 Å². The molecule has 4 heteroatoms. The first-order chi connectivity index (χ1) is 7.33. The average molecular weight is 207 g/mol. The van der Waals surface area contributed by atoms with Crippen LogP contribution in [0.3, 0.4) is 0 Å². The molecule has 3 N–H and O–H groups in total. The average Bonchev–Trinajstić information content (AvgIpc) is 2.75. The highest BCUT2D eigenvalue weighted by Gasteiger charge is 2.26. The van der Waals surface area contributed by atoms with Crippen LogP contribution in [0.1, 0.15) is 23.6 Å². The molecular formula is C11H17N3O. The number of aryl methyl sites for hydroxylation is 1. The van der Waals surface area contributed by atoms with Gasteiger partial charge in [0.2, 0.25) is 0 Å². The molecule has 0 aliphatic carbocycles. The van der Waals surface area contributed by atoms with Gasteiger partial charge in [0.25, 0.3) is 0 Å². The molecule has 82 valence electrons. The SMILES string of the molecule is Cc1cnccc1C(NN)C1CCOC1. The van der Waals surface area contributed by atoms with Crippen LogP contribution >= 0.6 is 0 Å². The van der Waals surface area contributed by atoms with E-state index in [1.165, 1.54) is 11.1 Å². The van der Waals surface area contributed by atoms with Crippen LogP contribution in [0.2, 0.25) is 0 Å². The summed E-state index contributed by atoms with van der Waals surface area (Å²) in [5.74, 6) is 6.10. The van der Waals surface area contributed by atoms with E-state index in [1.807, 2.05) is 18.5 Å². The van der Waals surface area contributed by atoms with Crippen LogP contribution in [0, 0.1) is 12.8 Å². The van der Waals surface area contributed by atoms with Gasteiger partial charge in [0.05, 0.1) is 12.6 Å². The molecular weight excluding hydrogens is 190 g/mol. The molecule has 4 nitrogen and oxygen atoms in total. The van der Waals surface area contributed by atoms with Crippen LogP contribution in [0.25, 0.3) is 0 Å². The van der Waals surface area contributed by atoms with Crippen LogP contribution in [0.15, 0.2) is 18.5 Å². The zero-order valence-corrected chi connectivity index (χ0v) is 8.94. The summed E-state index contributed by atoms with van der Waals surface area (Å²) in [6.07, 6.45) is 4.74. The molecule has 0 amide bonds. The lowest BCUT2D eigenvalue weighted by molar-refractivity contribution is 0.176. The fourth-order valence-corrected chi connectivity index (χ4v) is 2.13. The third-order valence-electron chi connectivity index (χ3n) is 3.01. The molecule has 1 aliphatic rings. The highest BCUT2D eigenvalue weighted by atomic mass is 16.5. The third-order valence-corrected chi connectivity index (χ3v) is 3.01. The number of hydrogen-bond donors (Lipinski definition) is 2. The van der Waals surface area contributed by atoms with E-state index in [0.29, 0.717) is 5.92 Å². The number of nitrogens with zero attached hydrogens (tertiary/aromatic N) is 1. The number of pyridine rings is 1. The van der Waals surface area contributed by atoms with E-state index in [9.17, 15) is 0 Å². The predicted molar refractivity (Wildman–Crippen MR) is 58.0 cm³/mol. The first-order valence-electron chi connectivity index (χ1n) is 5.27. The summed E-state index contributed by atoms with van der Waals surface area (Å²) in [5, 5.41) is 0. The van der Waals surface area contributed by atoms with Crippen molar-refractivity contribution in [2.75, 3.05) is 13.2 Å². The Morgan fingerprint density at radius 1 is 1.67 bits per heavy atom. The van der Waals surface area contributed by atoms with Gasteiger partial charge in [0, 0.05) is 24.9 Å². The Balaban J connectivity index is 2.22. The van der Waals surface area contributed by atoms with Crippen molar-refractivity contribution in [2.45, 2.75) is 19.4 Å². The van der Waals surface area contributed by atoms with E-state index < -0.39 is 0 Å². The lowest BCUT2D eigenvalue weighted by Crippen LogP contribution is -2.34. The monoisotopic (exact) mass is 207 g/mol. The Morgan fingerprint density at radius 2 is 2.53 bits per heavy atom. The van der Waals surface area contributed by atoms with E-state index in [4.69, 9.17) is 10.6 Å². The van der Waals surface area contributed by atoms with Gasteiger partial charge in [-0.05, 0) is 30.5 Å². The van der Waals surface area contributed by atoms with Gasteiger partial charge in [-0.2, -0.15) is 0 Å². The van der Waals surface area contributed by atoms with E-state index in [1.54, 1.807) is 0 Å². The Morgan fingerprint density at radius 3 is 3.13 bits per heavy atom. The summed E-state index contributed by atoms with van der Waals surface area (Å²) in [7, 11) is 0. The number of ether oxygens (including phenoxy) is 1. The second-order valence-corrected chi connectivity index (χ2v) is 4.00. The number of aromatic nitrogens is 1. The molecule has 1 aromatic rings. The highest BCUT2D eigenvalue weighted by Crippen LogP contribution is 2.29. The molecule has 2 heterocycles. The second kappa shape index (κ2) is 4.70. The maximum Gasteiger partial charge on any atom is 0.0514 e. The van der Waals surface area contributed by atoms with Gasteiger partial charge in [-0.15, -0.1) is 0 Å². The largest absolute Gasteiger partial charge is 0.381 e. The molecule has 0 spiro atoms. The predicted octanol–water partition coefficient (Wildman–Crippen LogP) is 0.931. The number of rotatable bonds is 3. The fraction of sp³-hybridized carbons (Fsp3) is 0.545. The van der Waals surface area contributed by atoms with Gasteiger partial charge in [-0.1, -0.05) is 0 Å². The first kappa shape index (κ1) is 10.5. The molecule has 0 bridgehead atoms. The molecule has 1 aliphatic heterocycles. The van der Waals surface area contributed by atoms with Gasteiger partial charge in [0.15, 0.2) is 0 Å². The Kier molecular flexibility index (Phi) is 3.30. The van der Waals surface area contributed by atoms with Crippen molar-refractivity contribution in [3.63, 3.8) is 0 Å². The van der Waals surface area contributed by atoms with Crippen molar-refractivity contribution in [3.05, 3.63) is 29.6 Å². The minimum atomic E-state index is 0.176. The maximum absolute atomic E-state index is 5.63. The van der Waals surface area contributed by atoms with Gasteiger partial charge in [0.1, 0.15) is 0 Å². The van der Waals surface area contributed by atoms with Crippen molar-refractivity contribution in [1.29, 1.82) is 0 Å². The number of nitrogens with two attached hydrogens (primary N) is 1. The standard InChI is InChI=1S/C11H17N3O/c1-8-6-13-4-2-10(8)11(14-12)9-3-5-15-7-9/h2,4,6,9,11,14H,3,5,7,12H2,1H3. The molecule has 2 rings (SSSR count). The second-order valence-electron chi connectivity index (χ2n) is 4.00. The van der Waals surface area contributed by atoms with E-state index >= 15 is 0 Å². The normalized spacial score (nSPS) is 22.9. The summed E-state index contributed by atoms with van der Waals surface area (Å²) in [4.78, 5) is 4.09. The van der Waals surface area contributed by atoms with Gasteiger partial charge < -0.3 is 4.74 Å². The Hall–Kier alpha value is -0.970. The summed E-state index contributed by atoms with van der Waals surface area (Å²) in [6, 6.07) is 2.20. The lowest BCUT2D eigenvalue weighted by Gasteiger charge is -2.23. The van der Waals surface area contributed by atoms with E-state index in [2.05, 4.69) is 17.3 Å². The zero-order valence-electron chi connectivity index (χ0n) is 8.94. The minimum absolute atomic E-state index is 0.176. The summed E-state index contributed by atoms with van der Waals surface area (Å²) in [5.41, 5.74) is 5.29. The molecule has 1 aromatic heterocycles. The number of hydrogen-bond acceptors (Lipinski definition) is 4. The van der Waals surface area contributed by atoms with E-state index in [-0.39, 0.29) is 6.04 Å². The number of hydrazine groups is 1. The van der Waals surface area contributed by atoms with Gasteiger partial charge >= 0.3 is 0 Å². The zero-order chi connectivity index (χ0) is 10.7. The van der Waals surface area contributed by atoms with Crippen molar-refractivity contribution >= 4 is 0 Å². The van der Waals surface area contributed by atoms with Crippen LogP contribution in [0.4, 0.5) is 0 Å². The quantitative estimate of drug-likeness (QED) is 0.572. The lowest BCUT2D eigenvalue weighted by atomic mass is 9.91. The molecule has 15 heavy (non-hydrogen) atoms. The molecule has 2 atom stereocenters. The molecule has 0 aromatic carbocycles. The Labute approximate surface area is 89.8 Å². The van der Waals surface area contributed by atoms with Crippen LogP contribution in [0.5, 0.6) is 0 Å². The van der Waals surface area contributed by atoms with Crippen molar-refractivity contribution in [1.82, 2.24) is 10.4 Å². The van der Waals surface area contributed by atoms with Crippen molar-refractivity contribution in [3.8, 4) is 0 Å². The van der Waals surface area contributed by atoms with Crippen LogP contribution in [-0.2, 0) is 4.74 Å². The molecule has 0 saturated carbocycles. The molecule has 1 fully saturated rings. The van der Waals surface area contributed by atoms with Crippen molar-refractivity contribution < 1.29 is 4.74 Å². The Bertz CT molecular complexity index is 323. The van der Waals surface area contributed by atoms with Crippen LogP contribution in [-0.4, -0.2) is 18.2 Å². The summed E-state index contributed by atoms with van der Waals surface area (Å²) >= 11 is 0. The van der Waals surface area contributed by atoms with E-state index in [0.717, 1.165) is 19.6 Å². The highest BCUT2D eigenvalue weighted by molar-refractivity contribution is 5.26. The fourth-order valence-electron chi connectivity index (χ4n) is 2.13.